The highest BCUT2D eigenvalue weighted by molar-refractivity contribution is 6.33. The van der Waals surface area contributed by atoms with Crippen LogP contribution in [-0.4, -0.2) is 38.1 Å². The summed E-state index contributed by atoms with van der Waals surface area (Å²) in [6.45, 7) is 4.48. The minimum atomic E-state index is -0.334. The predicted molar refractivity (Wildman–Crippen MR) is 105 cm³/mol. The molecule has 1 N–H and O–H groups in total. The maximum atomic E-state index is 12.5. The Morgan fingerprint density at radius 2 is 1.81 bits per heavy atom. The minimum Gasteiger partial charge on any atom is -0.493 e. The topological polar surface area (TPSA) is 50.8 Å². The number of anilines is 1. The third kappa shape index (κ3) is 4.68. The number of nitrogens with one attached hydrogen (secondary N) is 1. The molecule has 140 valence electrons. The van der Waals surface area contributed by atoms with Crippen LogP contribution in [0.5, 0.6) is 11.5 Å². The van der Waals surface area contributed by atoms with Gasteiger partial charge in [0, 0.05) is 6.54 Å². The van der Waals surface area contributed by atoms with Gasteiger partial charge in [-0.1, -0.05) is 23.7 Å². The zero-order valence-corrected chi connectivity index (χ0v) is 16.6. The second kappa shape index (κ2) is 8.92. The van der Waals surface area contributed by atoms with Crippen molar-refractivity contribution in [3.05, 3.63) is 52.5 Å². The summed E-state index contributed by atoms with van der Waals surface area (Å²) in [4.78, 5) is 14.5. The van der Waals surface area contributed by atoms with Crippen molar-refractivity contribution in [2.45, 2.75) is 26.4 Å². The number of carbonyl (C=O) groups is 1. The maximum absolute atomic E-state index is 12.5. The average Bonchev–Trinajstić information content (AvgIpc) is 2.63. The van der Waals surface area contributed by atoms with Gasteiger partial charge in [0.1, 0.15) is 0 Å². The van der Waals surface area contributed by atoms with Gasteiger partial charge in [-0.25, -0.2) is 0 Å². The third-order valence-corrected chi connectivity index (χ3v) is 4.76. The van der Waals surface area contributed by atoms with Gasteiger partial charge in [0.25, 0.3) is 0 Å². The first-order valence-electron chi connectivity index (χ1n) is 8.34. The Labute approximate surface area is 159 Å². The lowest BCUT2D eigenvalue weighted by molar-refractivity contribution is -0.120. The minimum absolute atomic E-state index is 0.112. The summed E-state index contributed by atoms with van der Waals surface area (Å²) in [5.41, 5.74) is 2.76. The molecule has 1 atom stereocenters. The van der Waals surface area contributed by atoms with Crippen LogP contribution in [0.1, 0.15) is 18.1 Å². The molecule has 0 saturated heterocycles. The fourth-order valence-electron chi connectivity index (χ4n) is 2.60. The lowest BCUT2D eigenvalue weighted by atomic mass is 10.1. The number of hydrogen-bond donors (Lipinski definition) is 1. The quantitative estimate of drug-likeness (QED) is 0.789. The molecule has 2 rings (SSSR count). The van der Waals surface area contributed by atoms with Crippen LogP contribution < -0.4 is 14.8 Å². The first-order chi connectivity index (χ1) is 12.4. The van der Waals surface area contributed by atoms with Crippen molar-refractivity contribution in [3.8, 4) is 11.5 Å². The Hall–Kier alpha value is -2.24. The van der Waals surface area contributed by atoms with Gasteiger partial charge in [0.15, 0.2) is 11.5 Å². The van der Waals surface area contributed by atoms with E-state index < -0.39 is 0 Å². The highest BCUT2D eigenvalue weighted by Crippen LogP contribution is 2.31. The number of benzene rings is 2. The molecule has 5 nitrogen and oxygen atoms in total. The van der Waals surface area contributed by atoms with E-state index in [0.717, 1.165) is 11.1 Å². The van der Waals surface area contributed by atoms with Crippen molar-refractivity contribution in [3.63, 3.8) is 0 Å². The second-order valence-electron chi connectivity index (χ2n) is 6.19. The molecule has 6 heteroatoms. The molecule has 2 aromatic carbocycles. The predicted octanol–water partition coefficient (Wildman–Crippen LogP) is 4.12. The molecule has 0 aliphatic carbocycles. The fraction of sp³-hybridized carbons (Fsp3) is 0.350. The average molecular weight is 377 g/mol. The summed E-state index contributed by atoms with van der Waals surface area (Å²) < 4.78 is 10.7. The molecule has 1 amide bonds. The first kappa shape index (κ1) is 20.1. The smallest absolute Gasteiger partial charge is 0.241 e. The summed E-state index contributed by atoms with van der Waals surface area (Å²) in [5.74, 6) is 1.26. The lowest BCUT2D eigenvalue weighted by Crippen LogP contribution is -2.39. The zero-order chi connectivity index (χ0) is 19.3. The molecular weight excluding hydrogens is 352 g/mol. The summed E-state index contributed by atoms with van der Waals surface area (Å²) >= 11 is 6.11. The SMILES string of the molecule is COc1cc(C)c(CN(C)[C@H](C)C(=O)Nc2ccccc2Cl)cc1OC. The number of methoxy groups -OCH3 is 2. The normalized spacial score (nSPS) is 12.0. The van der Waals surface area contributed by atoms with Gasteiger partial charge in [-0.15, -0.1) is 0 Å². The van der Waals surface area contributed by atoms with Crippen LogP contribution in [0, 0.1) is 6.92 Å². The lowest BCUT2D eigenvalue weighted by Gasteiger charge is -2.25. The van der Waals surface area contributed by atoms with E-state index in [2.05, 4.69) is 5.32 Å². The van der Waals surface area contributed by atoms with E-state index in [1.54, 1.807) is 26.4 Å². The number of carbonyl (C=O) groups excluding carboxylic acids is 1. The summed E-state index contributed by atoms with van der Waals surface area (Å²) in [6.07, 6.45) is 0. The molecule has 0 unspecified atom stereocenters. The van der Waals surface area contributed by atoms with E-state index in [4.69, 9.17) is 21.1 Å². The van der Waals surface area contributed by atoms with Crippen LogP contribution in [0.15, 0.2) is 36.4 Å². The number of halogens is 1. The van der Waals surface area contributed by atoms with Crippen LogP contribution in [0.2, 0.25) is 5.02 Å². The maximum Gasteiger partial charge on any atom is 0.241 e. The number of ether oxygens (including phenoxy) is 2. The Bertz CT molecular complexity index is 780. The first-order valence-corrected chi connectivity index (χ1v) is 8.72. The van der Waals surface area contributed by atoms with E-state index in [1.165, 1.54) is 0 Å². The van der Waals surface area contributed by atoms with E-state index in [-0.39, 0.29) is 11.9 Å². The summed E-state index contributed by atoms with van der Waals surface area (Å²) in [6, 6.07) is 10.7. The summed E-state index contributed by atoms with van der Waals surface area (Å²) in [5, 5.41) is 3.39. The molecule has 26 heavy (non-hydrogen) atoms. The number of amides is 1. The van der Waals surface area contributed by atoms with Crippen LogP contribution in [-0.2, 0) is 11.3 Å². The van der Waals surface area contributed by atoms with Gasteiger partial charge in [-0.3, -0.25) is 9.69 Å². The molecule has 0 spiro atoms. The Morgan fingerprint density at radius 1 is 1.19 bits per heavy atom. The third-order valence-electron chi connectivity index (χ3n) is 4.43. The van der Waals surface area contributed by atoms with E-state index in [9.17, 15) is 4.79 Å². The number of likely N-dealkylation sites (N-methyl/N-ethyl adjacent to an activating group) is 1. The van der Waals surface area contributed by atoms with Gasteiger partial charge < -0.3 is 14.8 Å². The molecule has 0 saturated carbocycles. The van der Waals surface area contributed by atoms with Crippen molar-refractivity contribution < 1.29 is 14.3 Å². The molecule has 0 heterocycles. The van der Waals surface area contributed by atoms with Crippen molar-refractivity contribution in [1.29, 1.82) is 0 Å². The standard InChI is InChI=1S/C20H25ClN2O3/c1-13-10-18(25-4)19(26-5)11-15(13)12-23(3)14(2)20(24)22-17-9-7-6-8-16(17)21/h6-11,14H,12H2,1-5H3,(H,22,24)/t14-/m1/s1. The molecule has 0 aliphatic heterocycles. The molecule has 0 bridgehead atoms. The number of nitrogens with zero attached hydrogens (tertiary/aromatic N) is 1. The van der Waals surface area contributed by atoms with E-state index >= 15 is 0 Å². The van der Waals surface area contributed by atoms with Crippen molar-refractivity contribution in [1.82, 2.24) is 4.90 Å². The monoisotopic (exact) mass is 376 g/mol. The molecule has 0 aromatic heterocycles. The van der Waals surface area contributed by atoms with Crippen molar-refractivity contribution in [2.24, 2.45) is 0 Å². The summed E-state index contributed by atoms with van der Waals surface area (Å²) in [7, 11) is 5.14. The van der Waals surface area contributed by atoms with E-state index in [0.29, 0.717) is 28.8 Å². The van der Waals surface area contributed by atoms with Gasteiger partial charge in [-0.2, -0.15) is 0 Å². The van der Waals surface area contributed by atoms with Crippen molar-refractivity contribution >= 4 is 23.2 Å². The largest absolute Gasteiger partial charge is 0.493 e. The molecule has 0 aliphatic rings. The van der Waals surface area contributed by atoms with Crippen LogP contribution in [0.25, 0.3) is 0 Å². The van der Waals surface area contributed by atoms with Crippen molar-refractivity contribution in [2.75, 3.05) is 26.6 Å². The zero-order valence-electron chi connectivity index (χ0n) is 15.8. The number of aryl methyl sites for hydroxylation is 1. The van der Waals surface area contributed by atoms with Gasteiger partial charge in [0.05, 0.1) is 31.0 Å². The highest BCUT2D eigenvalue weighted by Gasteiger charge is 2.20. The van der Waals surface area contributed by atoms with Crippen LogP contribution >= 0.6 is 11.6 Å². The van der Waals surface area contributed by atoms with Crippen LogP contribution in [0.4, 0.5) is 5.69 Å². The fourth-order valence-corrected chi connectivity index (χ4v) is 2.78. The van der Waals surface area contributed by atoms with Gasteiger partial charge >= 0.3 is 0 Å². The Morgan fingerprint density at radius 3 is 2.42 bits per heavy atom. The highest BCUT2D eigenvalue weighted by atomic mass is 35.5. The molecule has 2 aromatic rings. The number of rotatable bonds is 7. The Kier molecular flexibility index (Phi) is 6.89. The number of para-hydroxylation sites is 1. The second-order valence-corrected chi connectivity index (χ2v) is 6.60. The molecule has 0 radical (unpaired) electrons. The van der Waals surface area contributed by atoms with E-state index in [1.807, 2.05) is 50.1 Å². The number of hydrogen-bond acceptors (Lipinski definition) is 4. The Balaban J connectivity index is 2.10. The van der Waals surface area contributed by atoms with Crippen LogP contribution in [0.3, 0.4) is 0 Å². The molecule has 0 fully saturated rings. The van der Waals surface area contributed by atoms with Gasteiger partial charge in [-0.05, 0) is 56.3 Å². The van der Waals surface area contributed by atoms with Gasteiger partial charge in [0.2, 0.25) is 5.91 Å². The molecular formula is C20H25ClN2O3.